The Morgan fingerprint density at radius 2 is 1.83 bits per heavy atom. The lowest BCUT2D eigenvalue weighted by atomic mass is 10.1. The van der Waals surface area contributed by atoms with Crippen LogP contribution in [0.5, 0.6) is 5.88 Å². The largest absolute Gasteiger partial charge is 0.465 e. The van der Waals surface area contributed by atoms with Crippen molar-refractivity contribution in [3.8, 4) is 17.0 Å². The topological polar surface area (TPSA) is 42.7 Å². The zero-order valence-electron chi connectivity index (χ0n) is 18.8. The highest BCUT2D eigenvalue weighted by Gasteiger charge is 2.38. The molecule has 3 heterocycles. The fraction of sp³-hybridized carbons (Fsp3) is 0.154. The van der Waals surface area contributed by atoms with Crippen LogP contribution in [0.25, 0.3) is 27.7 Å². The fourth-order valence-corrected chi connectivity index (χ4v) is 4.04. The van der Waals surface area contributed by atoms with E-state index in [1.54, 1.807) is 6.07 Å². The highest BCUT2D eigenvalue weighted by molar-refractivity contribution is 6.31. The number of fused-ring (bicyclic) bond motifs is 3. The van der Waals surface area contributed by atoms with Gasteiger partial charge in [0.2, 0.25) is 5.88 Å². The van der Waals surface area contributed by atoms with E-state index in [4.69, 9.17) is 21.3 Å². The minimum atomic E-state index is -4.45. The number of anilines is 2. The van der Waals surface area contributed by atoms with E-state index in [0.717, 1.165) is 46.1 Å². The van der Waals surface area contributed by atoms with Crippen molar-refractivity contribution in [3.63, 3.8) is 0 Å². The van der Waals surface area contributed by atoms with Gasteiger partial charge in [-0.15, -0.1) is 0 Å². The number of aromatic nitrogens is 3. The predicted molar refractivity (Wildman–Crippen MR) is 132 cm³/mol. The van der Waals surface area contributed by atoms with Gasteiger partial charge in [-0.25, -0.2) is 9.97 Å². The molecule has 1 unspecified atom stereocenters. The van der Waals surface area contributed by atoms with Crippen molar-refractivity contribution in [2.75, 3.05) is 11.9 Å². The number of nitrogens with zero attached hydrogens (tertiary/aromatic N) is 4. The predicted octanol–water partition coefficient (Wildman–Crippen LogP) is 7.30. The molecule has 0 spiro atoms. The average Bonchev–Trinajstić information content (AvgIpc) is 3.32. The minimum absolute atomic E-state index is 0.0818. The van der Waals surface area contributed by atoms with Gasteiger partial charge in [0.05, 0.1) is 5.52 Å². The second-order valence-corrected chi connectivity index (χ2v) is 8.57. The molecule has 0 fully saturated rings. The van der Waals surface area contributed by atoms with Crippen LogP contribution in [0.15, 0.2) is 79.1 Å². The first-order valence-corrected chi connectivity index (χ1v) is 11.2. The summed E-state index contributed by atoms with van der Waals surface area (Å²) in [5, 5.41) is 1.58. The van der Waals surface area contributed by atoms with Gasteiger partial charge in [0, 0.05) is 47.2 Å². The quantitative estimate of drug-likeness (QED) is 0.256. The highest BCUT2D eigenvalue weighted by Crippen LogP contribution is 2.34. The number of hydrogen-bond donors (Lipinski definition) is 0. The molecule has 0 saturated heterocycles. The lowest BCUT2D eigenvalue weighted by molar-refractivity contribution is -0.189. The summed E-state index contributed by atoms with van der Waals surface area (Å²) in [7, 11) is 1.93. The number of benzene rings is 2. The standard InChI is InChI=1S/C26H20ClF3N4O/c1-16(26(28,29)30)35-24-11-8-18(15-31-24)17-5-3-6-20(13-17)33(2)25-21-10-9-19(27)14-22(21)34-12-4-7-23(34)32-25/h3-16H,1-2H3. The van der Waals surface area contributed by atoms with Crippen LogP contribution in [0.4, 0.5) is 24.7 Å². The van der Waals surface area contributed by atoms with E-state index < -0.39 is 12.3 Å². The third-order valence-corrected chi connectivity index (χ3v) is 6.02. The lowest BCUT2D eigenvalue weighted by Gasteiger charge is -2.22. The molecule has 0 aliphatic carbocycles. The van der Waals surface area contributed by atoms with Gasteiger partial charge >= 0.3 is 6.18 Å². The van der Waals surface area contributed by atoms with E-state index in [1.807, 2.05) is 77.1 Å². The first kappa shape index (κ1) is 23.0. The molecule has 0 N–H and O–H groups in total. The number of halogens is 4. The summed E-state index contributed by atoms with van der Waals surface area (Å²) in [5.74, 6) is 0.685. The molecule has 0 aliphatic rings. The molecule has 9 heteroatoms. The Balaban J connectivity index is 1.48. The van der Waals surface area contributed by atoms with Gasteiger partial charge in [-0.05, 0) is 61.0 Å². The highest BCUT2D eigenvalue weighted by atomic mass is 35.5. The lowest BCUT2D eigenvalue weighted by Crippen LogP contribution is -2.31. The summed E-state index contributed by atoms with van der Waals surface area (Å²) in [6.45, 7) is 0.950. The Bertz CT molecular complexity index is 1520. The van der Waals surface area contributed by atoms with Crippen LogP contribution >= 0.6 is 11.6 Å². The normalized spacial score (nSPS) is 12.7. The Labute approximate surface area is 204 Å². The molecule has 2 aromatic carbocycles. The molecule has 5 rings (SSSR count). The second kappa shape index (κ2) is 8.78. The SMILES string of the molecule is CC(Oc1ccc(-c2cccc(N(C)c3nc4cccn4c4cc(Cl)ccc34)c2)cn1)C(F)(F)F. The maximum absolute atomic E-state index is 12.8. The van der Waals surface area contributed by atoms with Crippen LogP contribution in [-0.2, 0) is 0 Å². The smallest absolute Gasteiger partial charge is 0.425 e. The van der Waals surface area contributed by atoms with Gasteiger partial charge in [-0.1, -0.05) is 23.7 Å². The summed E-state index contributed by atoms with van der Waals surface area (Å²) in [6.07, 6.45) is -2.94. The molecule has 0 amide bonds. The van der Waals surface area contributed by atoms with Crippen LogP contribution in [0.3, 0.4) is 0 Å². The van der Waals surface area contributed by atoms with Gasteiger partial charge in [0.25, 0.3) is 0 Å². The van der Waals surface area contributed by atoms with E-state index >= 15 is 0 Å². The second-order valence-electron chi connectivity index (χ2n) is 8.13. The maximum atomic E-state index is 12.8. The molecule has 35 heavy (non-hydrogen) atoms. The number of ether oxygens (including phenoxy) is 1. The summed E-state index contributed by atoms with van der Waals surface area (Å²) in [6, 6.07) is 20.4. The van der Waals surface area contributed by atoms with Crippen LogP contribution in [0, 0.1) is 0 Å². The summed E-state index contributed by atoms with van der Waals surface area (Å²) >= 11 is 6.27. The Hall–Kier alpha value is -3.78. The summed E-state index contributed by atoms with van der Waals surface area (Å²) in [5.41, 5.74) is 4.23. The maximum Gasteiger partial charge on any atom is 0.425 e. The third kappa shape index (κ3) is 4.49. The van der Waals surface area contributed by atoms with Crippen molar-refractivity contribution in [2.45, 2.75) is 19.2 Å². The molecular weight excluding hydrogens is 477 g/mol. The fourth-order valence-electron chi connectivity index (χ4n) is 3.87. The average molecular weight is 497 g/mol. The molecule has 1 atom stereocenters. The van der Waals surface area contributed by atoms with Crippen molar-refractivity contribution in [1.82, 2.24) is 14.4 Å². The minimum Gasteiger partial charge on any atom is -0.465 e. The van der Waals surface area contributed by atoms with Crippen LogP contribution in [0.2, 0.25) is 5.02 Å². The first-order chi connectivity index (χ1) is 16.7. The van der Waals surface area contributed by atoms with E-state index in [1.165, 1.54) is 12.3 Å². The van der Waals surface area contributed by atoms with Gasteiger partial charge in [0.15, 0.2) is 6.10 Å². The number of alkyl halides is 3. The number of hydrogen-bond acceptors (Lipinski definition) is 4. The molecule has 0 saturated carbocycles. The number of rotatable bonds is 5. The Morgan fingerprint density at radius 3 is 2.57 bits per heavy atom. The van der Waals surface area contributed by atoms with Crippen LogP contribution in [0.1, 0.15) is 6.92 Å². The molecule has 178 valence electrons. The van der Waals surface area contributed by atoms with Gasteiger partial charge in [-0.2, -0.15) is 13.2 Å². The van der Waals surface area contributed by atoms with E-state index in [-0.39, 0.29) is 5.88 Å². The van der Waals surface area contributed by atoms with Gasteiger partial charge in [-0.3, -0.25) is 0 Å². The van der Waals surface area contributed by atoms with Gasteiger partial charge < -0.3 is 14.0 Å². The first-order valence-electron chi connectivity index (χ1n) is 10.8. The molecule has 0 aliphatic heterocycles. The molecule has 3 aromatic heterocycles. The van der Waals surface area contributed by atoms with Crippen LogP contribution in [-0.4, -0.2) is 33.7 Å². The summed E-state index contributed by atoms with van der Waals surface area (Å²) < 4.78 is 45.2. The zero-order chi connectivity index (χ0) is 24.7. The third-order valence-electron chi connectivity index (χ3n) is 5.79. The zero-order valence-corrected chi connectivity index (χ0v) is 19.5. The van der Waals surface area contributed by atoms with Gasteiger partial charge in [0.1, 0.15) is 11.5 Å². The van der Waals surface area contributed by atoms with Crippen molar-refractivity contribution < 1.29 is 17.9 Å². The van der Waals surface area contributed by atoms with Crippen molar-refractivity contribution >= 4 is 39.7 Å². The Morgan fingerprint density at radius 1 is 1.00 bits per heavy atom. The molecular formula is C26H20ClF3N4O. The molecule has 5 nitrogen and oxygen atoms in total. The van der Waals surface area contributed by atoms with Crippen molar-refractivity contribution in [3.05, 3.63) is 84.1 Å². The molecule has 0 radical (unpaired) electrons. The van der Waals surface area contributed by atoms with E-state index in [9.17, 15) is 13.2 Å². The molecule has 0 bridgehead atoms. The Kier molecular flexibility index (Phi) is 5.76. The van der Waals surface area contributed by atoms with E-state index in [0.29, 0.717) is 5.02 Å². The van der Waals surface area contributed by atoms with Crippen molar-refractivity contribution in [1.29, 1.82) is 0 Å². The number of pyridine rings is 1. The van der Waals surface area contributed by atoms with Crippen LogP contribution < -0.4 is 9.64 Å². The molecule has 5 aromatic rings. The van der Waals surface area contributed by atoms with Crippen molar-refractivity contribution in [2.24, 2.45) is 0 Å². The summed E-state index contributed by atoms with van der Waals surface area (Å²) in [4.78, 5) is 10.9. The van der Waals surface area contributed by atoms with E-state index in [2.05, 4.69) is 4.98 Å². The monoisotopic (exact) mass is 496 g/mol.